The lowest BCUT2D eigenvalue weighted by atomic mass is 10.1. The molecule has 0 radical (unpaired) electrons. The van der Waals surface area contributed by atoms with E-state index in [1.54, 1.807) is 6.07 Å². The van der Waals surface area contributed by atoms with Gasteiger partial charge in [-0.05, 0) is 30.7 Å². The molecule has 7 nitrogen and oxygen atoms in total. The molecular weight excluding hydrogens is 344 g/mol. The van der Waals surface area contributed by atoms with Gasteiger partial charge >= 0.3 is 5.97 Å². The molecule has 0 unspecified atom stereocenters. The lowest BCUT2D eigenvalue weighted by molar-refractivity contribution is 0.0696. The Balaban J connectivity index is 2.81. The van der Waals surface area contributed by atoms with Crippen LogP contribution in [0.2, 0.25) is 4.24 Å². The Kier molecular flexibility index (Phi) is 3.13. The lowest BCUT2D eigenvalue weighted by Gasteiger charge is -2.17. The number of hydrogen-bond acceptors (Lipinski definition) is 6. The number of carboxylic acids is 1. The number of nitrogens with two attached hydrogens (primary N) is 1. The highest BCUT2D eigenvalue weighted by Crippen LogP contribution is 2.37. The topological polar surface area (TPSA) is 119 Å². The number of benzene rings is 2. The van der Waals surface area contributed by atoms with Crippen molar-refractivity contribution in [2.24, 2.45) is 5.13 Å². The van der Waals surface area contributed by atoms with Crippen LogP contribution in [-0.4, -0.2) is 26.0 Å². The lowest BCUT2D eigenvalue weighted by Crippen LogP contribution is -2.16. The van der Waals surface area contributed by atoms with Gasteiger partial charge in [0.15, 0.2) is 7.16 Å². The number of nitrogens with one attached hydrogen (secondary N) is 1. The number of carbonyl (C=O) groups is 1. The predicted molar refractivity (Wildman–Crippen MR) is 94.7 cm³/mol. The molecule has 0 saturated carbocycles. The highest BCUT2D eigenvalue weighted by atomic mass is 32.2. The minimum atomic E-state index is -4.98. The first-order chi connectivity index (χ1) is 15.6. The summed E-state index contributed by atoms with van der Waals surface area (Å²) in [5.41, 5.74) is -1.27. The Labute approximate surface area is 159 Å². The molecule has 0 atom stereocenters. The first kappa shape index (κ1) is 9.79. The Morgan fingerprint density at radius 3 is 2.96 bits per heavy atom. The van der Waals surface area contributed by atoms with E-state index in [4.69, 9.17) is 17.3 Å². The minimum absolute atomic E-state index is 0.0361. The Morgan fingerprint density at radius 2 is 2.28 bits per heavy atom. The van der Waals surface area contributed by atoms with Gasteiger partial charge in [0.2, 0.25) is 10.0 Å². The zero-order valence-electron chi connectivity index (χ0n) is 21.8. The fourth-order valence-electron chi connectivity index (χ4n) is 1.89. The Morgan fingerprint density at radius 1 is 1.48 bits per heavy atom. The average molecular weight is 373 g/mol. The van der Waals surface area contributed by atoms with Gasteiger partial charge in [-0.1, -0.05) is 31.5 Å². The zero-order valence-corrected chi connectivity index (χ0v) is 13.6. The largest absolute Gasteiger partial charge is 0.478 e. The van der Waals surface area contributed by atoms with Gasteiger partial charge in [-0.25, -0.2) is 18.3 Å². The van der Waals surface area contributed by atoms with Crippen molar-refractivity contribution in [2.75, 3.05) is 11.8 Å². The molecule has 0 aliphatic carbocycles. The normalized spacial score (nSPS) is 17.4. The maximum Gasteiger partial charge on any atom is 0.335 e. The molecule has 0 aliphatic heterocycles. The molecule has 0 heterocycles. The van der Waals surface area contributed by atoms with Crippen LogP contribution in [-0.2, 0) is 10.0 Å². The number of sulfonamides is 1. The monoisotopic (exact) mass is 373 g/mol. The van der Waals surface area contributed by atoms with Crippen LogP contribution in [0.1, 0.15) is 36.9 Å². The van der Waals surface area contributed by atoms with Crippen molar-refractivity contribution in [1.82, 2.24) is 0 Å². The zero-order chi connectivity index (χ0) is 25.9. The minimum Gasteiger partial charge on any atom is -0.478 e. The van der Waals surface area contributed by atoms with Gasteiger partial charge in [-0.2, -0.15) is 0 Å². The van der Waals surface area contributed by atoms with Crippen molar-refractivity contribution in [1.29, 1.82) is 1.43 Å². The number of ether oxygens (including phenoxy) is 1. The van der Waals surface area contributed by atoms with Crippen LogP contribution in [0.5, 0.6) is 11.5 Å². The number of anilines is 1. The summed E-state index contributed by atoms with van der Waals surface area (Å²) in [7, 11) is -4.98. The van der Waals surface area contributed by atoms with E-state index in [1.165, 1.54) is 24.3 Å². The van der Waals surface area contributed by atoms with Crippen LogP contribution in [0.15, 0.2) is 47.4 Å². The molecule has 0 aromatic heterocycles. The quantitative estimate of drug-likeness (QED) is 0.621. The number of primary sulfonamides is 1. The maximum absolute atomic E-state index is 12.7. The van der Waals surface area contributed by atoms with Crippen LogP contribution in [0, 0.1) is 0 Å². The molecule has 2 aromatic rings. The van der Waals surface area contributed by atoms with E-state index >= 15 is 0 Å². The van der Waals surface area contributed by atoms with Crippen molar-refractivity contribution in [3.8, 4) is 11.5 Å². The standard InChI is InChI=1S/C17H20N2O5S/c1-2-3-9-19-14-10-12(17(20)21)11-15(25(18,22)23)16(14)24-13-7-5-4-6-8-13/h4-8,10-11,19H,2-3,9H2,1H3,(H,20,21)(H2,18,22,23)/i1D3,9D2/hD4. The SMILES string of the molecule is [2H]OC(=O)c1cc(N([2H])C([2H])([2H])CCC([2H])([2H])[2H])c(Oc2ccccc2)c(S(=O)(=O)N([2H])[2H])c1. The van der Waals surface area contributed by atoms with Crippen LogP contribution in [0.3, 0.4) is 0 Å². The van der Waals surface area contributed by atoms with Crippen molar-refractivity contribution in [3.63, 3.8) is 0 Å². The van der Waals surface area contributed by atoms with Gasteiger partial charge in [0.05, 0.1) is 11.3 Å². The summed E-state index contributed by atoms with van der Waals surface area (Å²) in [5.74, 6) is -2.04. The number of hydrogen-bond donors (Lipinski definition) is 3. The summed E-state index contributed by atoms with van der Waals surface area (Å²) >= 11 is 0. The highest BCUT2D eigenvalue weighted by molar-refractivity contribution is 7.89. The van der Waals surface area contributed by atoms with Crippen LogP contribution in [0.25, 0.3) is 1.43 Å². The molecule has 0 amide bonds. The third-order valence-corrected chi connectivity index (χ3v) is 3.81. The number of rotatable bonds is 9. The van der Waals surface area contributed by atoms with E-state index < -0.39 is 69.2 Å². The summed E-state index contributed by atoms with van der Waals surface area (Å²) in [6, 6.07) is 8.99. The van der Waals surface area contributed by atoms with Crippen molar-refractivity contribution in [3.05, 3.63) is 48.0 Å². The van der Waals surface area contributed by atoms with Crippen molar-refractivity contribution in [2.45, 2.75) is 24.6 Å². The summed E-state index contributed by atoms with van der Waals surface area (Å²) < 4.78 is 98.9. The molecule has 0 saturated heterocycles. The Hall–Kier alpha value is -2.58. The second kappa shape index (κ2) is 8.00. The second-order valence-electron chi connectivity index (χ2n) is 4.77. The molecule has 0 bridgehead atoms. The van der Waals surface area contributed by atoms with Crippen molar-refractivity contribution >= 4 is 21.7 Å². The molecular formula is C17H20N2O5S. The smallest absolute Gasteiger partial charge is 0.335 e. The van der Waals surface area contributed by atoms with Gasteiger partial charge in [0.1, 0.15) is 13.5 Å². The van der Waals surface area contributed by atoms with Gasteiger partial charge in [0.25, 0.3) is 1.43 Å². The van der Waals surface area contributed by atoms with E-state index in [2.05, 4.69) is 5.11 Å². The van der Waals surface area contributed by atoms with Crippen LogP contribution in [0.4, 0.5) is 5.69 Å². The molecule has 134 valence electrons. The maximum atomic E-state index is 12.7. The third-order valence-electron chi connectivity index (χ3n) is 2.95. The van der Waals surface area contributed by atoms with Crippen LogP contribution >= 0.6 is 0 Å². The Bertz CT molecular complexity index is 1130. The van der Waals surface area contributed by atoms with E-state index in [1.807, 2.05) is 0 Å². The van der Waals surface area contributed by atoms with Crippen LogP contribution < -0.4 is 15.2 Å². The van der Waals surface area contributed by atoms with Gasteiger partial charge in [0, 0.05) is 13.4 Å². The molecule has 0 aliphatic rings. The molecule has 8 heteroatoms. The summed E-state index contributed by atoms with van der Waals surface area (Å²) in [6.07, 6.45) is -1.31. The number of para-hydroxylation sites is 1. The fourth-order valence-corrected chi connectivity index (χ4v) is 2.54. The first-order valence-corrected chi connectivity index (χ1v) is 8.45. The second-order valence-corrected chi connectivity index (χ2v) is 6.16. The fraction of sp³-hybridized carbons (Fsp3) is 0.235. The predicted octanol–water partition coefficient (Wildman–Crippen LogP) is 3.04. The third kappa shape index (κ3) is 4.94. The van der Waals surface area contributed by atoms with E-state index in [0.717, 1.165) is 6.07 Å². The molecule has 4 N–H and O–H groups in total. The van der Waals surface area contributed by atoms with E-state index in [9.17, 15) is 13.2 Å². The molecule has 0 spiro atoms. The van der Waals surface area contributed by atoms with Gasteiger partial charge in [-0.15, -0.1) is 0 Å². The average Bonchev–Trinajstić information content (AvgIpc) is 2.76. The molecule has 2 aromatic carbocycles. The highest BCUT2D eigenvalue weighted by Gasteiger charge is 2.23. The molecule has 25 heavy (non-hydrogen) atoms. The van der Waals surface area contributed by atoms with Gasteiger partial charge < -0.3 is 15.2 Å². The van der Waals surface area contributed by atoms with E-state index in [-0.39, 0.29) is 11.1 Å². The summed E-state index contributed by atoms with van der Waals surface area (Å²) in [5, 5.41) is 3.32. The van der Waals surface area contributed by atoms with Crippen molar-refractivity contribution < 1.29 is 34.1 Å². The first-order valence-electron chi connectivity index (χ1n) is 11.3. The van der Waals surface area contributed by atoms with E-state index in [0.29, 0.717) is 6.07 Å². The summed E-state index contributed by atoms with van der Waals surface area (Å²) in [6.45, 7) is -5.21. The number of aromatic carboxylic acids is 1. The summed E-state index contributed by atoms with van der Waals surface area (Å²) in [4.78, 5) is 11.1. The van der Waals surface area contributed by atoms with Gasteiger partial charge in [-0.3, -0.25) is 0 Å². The molecule has 2 rings (SSSR count). The molecule has 0 fully saturated rings. The number of carboxylic acid groups (broad SMARTS) is 1.